The normalized spacial score (nSPS) is 14.9. The summed E-state index contributed by atoms with van der Waals surface area (Å²) in [5.74, 6) is -1.87. The molecule has 2 N–H and O–H groups in total. The maximum absolute atomic E-state index is 15.1. The highest BCUT2D eigenvalue weighted by Crippen LogP contribution is 2.47. The highest BCUT2D eigenvalue weighted by atomic mass is 19.1. The van der Waals surface area contributed by atoms with Crippen LogP contribution in [0.5, 0.6) is 17.4 Å². The van der Waals surface area contributed by atoms with Crippen molar-refractivity contribution in [1.82, 2.24) is 19.9 Å². The van der Waals surface area contributed by atoms with Gasteiger partial charge in [-0.3, -0.25) is 9.59 Å². The van der Waals surface area contributed by atoms with Gasteiger partial charge in [0.2, 0.25) is 17.7 Å². The van der Waals surface area contributed by atoms with Gasteiger partial charge >= 0.3 is 0 Å². The average molecular weight is 603 g/mol. The standard InChI is InChI=1S/C31H28F2N6O5/c32-20-2-4-21(5-3-20)36-29(40)31(9-10-31)30(41)37-22-6-7-24(23(33)18-22)44-25-8-11-34-28-27(25)38-26(19-35-28)43-15-1-12-39-13-16-42-17-14-39/h2-8,11,13,16,18-19H,1,9-10,12,14-15,17H2,(H,36,40)(H,37,41). The van der Waals surface area contributed by atoms with Crippen molar-refractivity contribution in [3.05, 3.63) is 85.0 Å². The van der Waals surface area contributed by atoms with Crippen LogP contribution in [0.1, 0.15) is 19.3 Å². The molecule has 6 rings (SSSR count). The molecule has 1 aliphatic heterocycles. The van der Waals surface area contributed by atoms with E-state index >= 15 is 4.39 Å². The summed E-state index contributed by atoms with van der Waals surface area (Å²) in [6.45, 7) is 2.69. The number of carbonyl (C=O) groups is 2. The molecule has 13 heteroatoms. The van der Waals surface area contributed by atoms with Gasteiger partial charge in [-0.15, -0.1) is 0 Å². The van der Waals surface area contributed by atoms with E-state index in [0.717, 1.165) is 25.6 Å². The minimum absolute atomic E-state index is 0.114. The molecule has 0 radical (unpaired) electrons. The summed E-state index contributed by atoms with van der Waals surface area (Å²) in [5, 5.41) is 5.26. The number of ether oxygens (including phenoxy) is 3. The van der Waals surface area contributed by atoms with Crippen molar-refractivity contribution in [2.45, 2.75) is 19.3 Å². The third-order valence-corrected chi connectivity index (χ3v) is 7.22. The molecule has 0 spiro atoms. The number of benzene rings is 2. The fourth-order valence-electron chi connectivity index (χ4n) is 4.60. The zero-order valence-electron chi connectivity index (χ0n) is 23.5. The summed E-state index contributed by atoms with van der Waals surface area (Å²) < 4.78 is 45.1. The van der Waals surface area contributed by atoms with Crippen molar-refractivity contribution in [2.24, 2.45) is 5.41 Å². The van der Waals surface area contributed by atoms with Crippen LogP contribution >= 0.6 is 0 Å². The molecule has 2 aromatic carbocycles. The maximum Gasteiger partial charge on any atom is 0.240 e. The van der Waals surface area contributed by atoms with Gasteiger partial charge in [-0.2, -0.15) is 0 Å². The minimum atomic E-state index is -1.28. The molecular formula is C31H28F2N6O5. The summed E-state index contributed by atoms with van der Waals surface area (Å²) in [4.78, 5) is 40.9. The Morgan fingerprint density at radius 2 is 1.75 bits per heavy atom. The van der Waals surface area contributed by atoms with E-state index in [1.165, 1.54) is 54.9 Å². The SMILES string of the molecule is O=C(Nc1ccc(F)cc1)C1(C(=O)Nc2ccc(Oc3ccnc4ncc(OCCCN5C=COCC5)nc34)c(F)c2)CC1. The molecule has 2 aromatic heterocycles. The van der Waals surface area contributed by atoms with E-state index in [9.17, 15) is 14.0 Å². The number of nitrogens with zero attached hydrogens (tertiary/aromatic N) is 4. The second-order valence-electron chi connectivity index (χ2n) is 10.3. The lowest BCUT2D eigenvalue weighted by Gasteiger charge is -2.23. The van der Waals surface area contributed by atoms with Crippen LogP contribution in [0.3, 0.4) is 0 Å². The molecule has 2 aliphatic rings. The summed E-state index contributed by atoms with van der Waals surface area (Å²) in [7, 11) is 0. The molecule has 0 atom stereocenters. The van der Waals surface area contributed by atoms with E-state index in [2.05, 4.69) is 30.5 Å². The highest BCUT2D eigenvalue weighted by Gasteiger charge is 2.56. The molecule has 44 heavy (non-hydrogen) atoms. The fourth-order valence-corrected chi connectivity index (χ4v) is 4.60. The lowest BCUT2D eigenvalue weighted by molar-refractivity contribution is -0.131. The third kappa shape index (κ3) is 6.51. The Hall–Kier alpha value is -5.33. The van der Waals surface area contributed by atoms with Gasteiger partial charge < -0.3 is 29.7 Å². The van der Waals surface area contributed by atoms with E-state index in [4.69, 9.17) is 14.2 Å². The van der Waals surface area contributed by atoms with Crippen LogP contribution < -0.4 is 20.1 Å². The van der Waals surface area contributed by atoms with Gasteiger partial charge in [-0.05, 0) is 55.7 Å². The first-order chi connectivity index (χ1) is 21.4. The molecule has 4 aromatic rings. The Labute approximate surface area is 250 Å². The monoisotopic (exact) mass is 602 g/mol. The van der Waals surface area contributed by atoms with Crippen LogP contribution in [0, 0.1) is 17.0 Å². The Morgan fingerprint density at radius 1 is 0.977 bits per heavy atom. The number of amides is 2. The molecule has 3 heterocycles. The number of hydrogen-bond donors (Lipinski definition) is 2. The first-order valence-electron chi connectivity index (χ1n) is 14.0. The van der Waals surface area contributed by atoms with Gasteiger partial charge in [0.05, 0.1) is 25.6 Å². The number of carbonyl (C=O) groups excluding carboxylic acids is 2. The molecule has 226 valence electrons. The number of rotatable bonds is 11. The van der Waals surface area contributed by atoms with Crippen molar-refractivity contribution < 1.29 is 32.6 Å². The van der Waals surface area contributed by atoms with Crippen molar-refractivity contribution in [2.75, 3.05) is 36.9 Å². The van der Waals surface area contributed by atoms with E-state index in [-0.39, 0.29) is 23.1 Å². The van der Waals surface area contributed by atoms with Crippen LogP contribution in [0.2, 0.25) is 0 Å². The Balaban J connectivity index is 1.09. The lowest BCUT2D eigenvalue weighted by Crippen LogP contribution is -2.35. The molecular weight excluding hydrogens is 574 g/mol. The molecule has 0 unspecified atom stereocenters. The van der Waals surface area contributed by atoms with Gasteiger partial charge in [0.1, 0.15) is 17.8 Å². The first kappa shape index (κ1) is 28.8. The highest BCUT2D eigenvalue weighted by molar-refractivity contribution is 6.16. The third-order valence-electron chi connectivity index (χ3n) is 7.22. The molecule has 11 nitrogen and oxygen atoms in total. The molecule has 1 fully saturated rings. The Kier molecular flexibility index (Phi) is 8.17. The predicted octanol–water partition coefficient (Wildman–Crippen LogP) is 5.03. The predicted molar refractivity (Wildman–Crippen MR) is 156 cm³/mol. The second-order valence-corrected chi connectivity index (χ2v) is 10.3. The van der Waals surface area contributed by atoms with Gasteiger partial charge in [-0.1, -0.05) is 0 Å². The molecule has 2 amide bonds. The second kappa shape index (κ2) is 12.5. The zero-order valence-corrected chi connectivity index (χ0v) is 23.5. The zero-order chi connectivity index (χ0) is 30.5. The minimum Gasteiger partial charge on any atom is -0.498 e. The number of aromatic nitrogens is 3. The largest absolute Gasteiger partial charge is 0.498 e. The number of halogens is 2. The number of fused-ring (bicyclic) bond motifs is 1. The number of nitrogens with one attached hydrogen (secondary N) is 2. The number of pyridine rings is 1. The van der Waals surface area contributed by atoms with Crippen molar-refractivity contribution in [3.63, 3.8) is 0 Å². The molecule has 0 bridgehead atoms. The maximum atomic E-state index is 15.1. The molecule has 0 saturated heterocycles. The summed E-state index contributed by atoms with van der Waals surface area (Å²) in [5.41, 5.74) is -0.166. The van der Waals surface area contributed by atoms with Gasteiger partial charge in [-0.25, -0.2) is 23.7 Å². The van der Waals surface area contributed by atoms with Crippen LogP contribution in [0.4, 0.5) is 20.2 Å². The van der Waals surface area contributed by atoms with Gasteiger partial charge in [0, 0.05) is 42.4 Å². The average Bonchev–Trinajstić information content (AvgIpc) is 3.85. The van der Waals surface area contributed by atoms with E-state index < -0.39 is 28.9 Å². The van der Waals surface area contributed by atoms with Crippen LogP contribution in [-0.4, -0.2) is 58.0 Å². The van der Waals surface area contributed by atoms with Crippen LogP contribution in [-0.2, 0) is 14.3 Å². The topological polar surface area (TPSA) is 128 Å². The summed E-state index contributed by atoms with van der Waals surface area (Å²) in [6.07, 6.45) is 7.94. The van der Waals surface area contributed by atoms with Gasteiger partial charge in [0.25, 0.3) is 0 Å². The van der Waals surface area contributed by atoms with E-state index in [1.807, 2.05) is 6.20 Å². The van der Waals surface area contributed by atoms with E-state index in [1.54, 1.807) is 6.26 Å². The Bertz CT molecular complexity index is 1710. The van der Waals surface area contributed by atoms with Crippen molar-refractivity contribution in [1.29, 1.82) is 0 Å². The fraction of sp³-hybridized carbons (Fsp3) is 0.258. The lowest BCUT2D eigenvalue weighted by atomic mass is 10.0. The first-order valence-corrected chi connectivity index (χ1v) is 14.0. The number of hydrogen-bond acceptors (Lipinski definition) is 9. The van der Waals surface area contributed by atoms with Crippen molar-refractivity contribution in [3.8, 4) is 17.4 Å². The molecule has 1 saturated carbocycles. The molecule has 1 aliphatic carbocycles. The smallest absolute Gasteiger partial charge is 0.240 e. The summed E-state index contributed by atoms with van der Waals surface area (Å²) >= 11 is 0. The summed E-state index contributed by atoms with van der Waals surface area (Å²) in [6, 6.07) is 10.7. The van der Waals surface area contributed by atoms with Crippen LogP contribution in [0.15, 0.2) is 73.4 Å². The quantitative estimate of drug-likeness (QED) is 0.180. The Morgan fingerprint density at radius 3 is 2.48 bits per heavy atom. The van der Waals surface area contributed by atoms with Crippen LogP contribution in [0.25, 0.3) is 11.2 Å². The number of anilines is 2. The van der Waals surface area contributed by atoms with E-state index in [0.29, 0.717) is 42.9 Å². The van der Waals surface area contributed by atoms with Crippen molar-refractivity contribution >= 4 is 34.4 Å². The van der Waals surface area contributed by atoms with Gasteiger partial charge in [0.15, 0.2) is 28.5 Å².